The first-order valence-electron chi connectivity index (χ1n) is 7.69. The van der Waals surface area contributed by atoms with E-state index in [1.165, 1.54) is 0 Å². The molecule has 0 aliphatic heterocycles. The standard InChI is InChI=1S/C21H14BrNO/c22-19-17-13-7-8-14-18(17)21(23-16-11-5-2-6-12-16)24-20(19)15-9-3-1-4-10-15/h1-14H. The van der Waals surface area contributed by atoms with E-state index in [1.807, 2.05) is 78.9 Å². The Morgan fingerprint density at radius 2 is 1.25 bits per heavy atom. The average Bonchev–Trinajstić information content (AvgIpc) is 2.66. The van der Waals surface area contributed by atoms with E-state index in [1.54, 1.807) is 0 Å². The van der Waals surface area contributed by atoms with Gasteiger partial charge in [-0.1, -0.05) is 66.7 Å². The lowest BCUT2D eigenvalue weighted by atomic mass is 10.1. The van der Waals surface area contributed by atoms with Gasteiger partial charge in [-0.05, 0) is 34.1 Å². The van der Waals surface area contributed by atoms with Crippen LogP contribution in [0.1, 0.15) is 0 Å². The van der Waals surface area contributed by atoms with E-state index in [9.17, 15) is 0 Å². The normalized spacial score (nSPS) is 11.8. The van der Waals surface area contributed by atoms with Gasteiger partial charge in [-0.2, -0.15) is 0 Å². The Bertz CT molecular complexity index is 1050. The van der Waals surface area contributed by atoms with E-state index >= 15 is 0 Å². The van der Waals surface area contributed by atoms with Crippen molar-refractivity contribution in [1.82, 2.24) is 0 Å². The Balaban J connectivity index is 2.06. The minimum atomic E-state index is 0.610. The molecule has 0 amide bonds. The fourth-order valence-electron chi connectivity index (χ4n) is 2.66. The minimum Gasteiger partial charge on any atom is -0.437 e. The van der Waals surface area contributed by atoms with Gasteiger partial charge >= 0.3 is 0 Å². The van der Waals surface area contributed by atoms with Gasteiger partial charge in [0, 0.05) is 16.3 Å². The highest BCUT2D eigenvalue weighted by Crippen LogP contribution is 2.32. The molecule has 3 heteroatoms. The fraction of sp³-hybridized carbons (Fsp3) is 0. The Morgan fingerprint density at radius 3 is 1.96 bits per heavy atom. The van der Waals surface area contributed by atoms with Crippen LogP contribution in [0.3, 0.4) is 0 Å². The topological polar surface area (TPSA) is 25.5 Å². The summed E-state index contributed by atoms with van der Waals surface area (Å²) < 4.78 is 7.14. The van der Waals surface area contributed by atoms with Crippen molar-refractivity contribution in [2.24, 2.45) is 4.99 Å². The highest BCUT2D eigenvalue weighted by molar-refractivity contribution is 9.10. The van der Waals surface area contributed by atoms with Gasteiger partial charge in [-0.15, -0.1) is 0 Å². The zero-order chi connectivity index (χ0) is 16.4. The summed E-state index contributed by atoms with van der Waals surface area (Å²) in [7, 11) is 0. The lowest BCUT2D eigenvalue weighted by Crippen LogP contribution is -2.04. The molecule has 4 rings (SSSR count). The summed E-state index contributed by atoms with van der Waals surface area (Å²) in [6.45, 7) is 0. The predicted octanol–water partition coefficient (Wildman–Crippen LogP) is 6.09. The molecule has 1 heterocycles. The first-order chi connectivity index (χ1) is 11.8. The zero-order valence-electron chi connectivity index (χ0n) is 12.8. The van der Waals surface area contributed by atoms with E-state index in [0.717, 1.165) is 32.3 Å². The average molecular weight is 376 g/mol. The highest BCUT2D eigenvalue weighted by atomic mass is 79.9. The zero-order valence-corrected chi connectivity index (χ0v) is 14.4. The molecule has 24 heavy (non-hydrogen) atoms. The number of rotatable bonds is 2. The van der Waals surface area contributed by atoms with Crippen molar-refractivity contribution in [3.05, 3.63) is 95.0 Å². The van der Waals surface area contributed by atoms with Crippen LogP contribution in [-0.2, 0) is 0 Å². The molecule has 0 radical (unpaired) electrons. The van der Waals surface area contributed by atoms with E-state index < -0.39 is 0 Å². The molecule has 0 aliphatic rings. The third-order valence-electron chi connectivity index (χ3n) is 3.81. The van der Waals surface area contributed by atoms with Crippen molar-refractivity contribution in [3.63, 3.8) is 0 Å². The summed E-state index contributed by atoms with van der Waals surface area (Å²) in [5.41, 5.74) is 2.49. The summed E-state index contributed by atoms with van der Waals surface area (Å²) in [5.74, 6) is 0.781. The Labute approximate surface area is 148 Å². The number of para-hydroxylation sites is 1. The van der Waals surface area contributed by atoms with Crippen molar-refractivity contribution in [1.29, 1.82) is 0 Å². The quantitative estimate of drug-likeness (QED) is 0.415. The van der Waals surface area contributed by atoms with Crippen LogP contribution in [-0.4, -0.2) is 0 Å². The molecular formula is C21H14BrNO. The van der Waals surface area contributed by atoms with Gasteiger partial charge in [0.1, 0.15) is 0 Å². The van der Waals surface area contributed by atoms with Crippen LogP contribution in [0, 0.1) is 0 Å². The summed E-state index contributed by atoms with van der Waals surface area (Å²) in [4.78, 5) is 4.71. The molecule has 0 unspecified atom stereocenters. The molecule has 0 saturated heterocycles. The predicted molar refractivity (Wildman–Crippen MR) is 101 cm³/mol. The number of fused-ring (bicyclic) bond motifs is 1. The second-order valence-corrected chi connectivity index (χ2v) is 6.20. The largest absolute Gasteiger partial charge is 0.437 e. The van der Waals surface area contributed by atoms with Gasteiger partial charge in [0.2, 0.25) is 5.55 Å². The number of nitrogens with zero attached hydrogens (tertiary/aromatic N) is 1. The number of hydrogen-bond donors (Lipinski definition) is 0. The van der Waals surface area contributed by atoms with Crippen LogP contribution in [0.25, 0.3) is 22.1 Å². The van der Waals surface area contributed by atoms with Crippen LogP contribution in [0.2, 0.25) is 0 Å². The molecular weight excluding hydrogens is 362 g/mol. The van der Waals surface area contributed by atoms with Crippen LogP contribution in [0.5, 0.6) is 0 Å². The summed E-state index contributed by atoms with van der Waals surface area (Å²) in [6.07, 6.45) is 0. The molecule has 2 nitrogen and oxygen atoms in total. The van der Waals surface area contributed by atoms with Gasteiger partial charge in [0.15, 0.2) is 5.76 Å². The SMILES string of the molecule is Brc1c(-c2ccccc2)oc(=Nc2ccccc2)c2ccccc12. The molecule has 0 spiro atoms. The second-order valence-electron chi connectivity index (χ2n) is 5.41. The van der Waals surface area contributed by atoms with Gasteiger partial charge in [0.25, 0.3) is 0 Å². The van der Waals surface area contributed by atoms with E-state index in [-0.39, 0.29) is 0 Å². The Morgan fingerprint density at radius 1 is 0.667 bits per heavy atom. The van der Waals surface area contributed by atoms with Gasteiger partial charge in [-0.3, -0.25) is 0 Å². The van der Waals surface area contributed by atoms with Crippen molar-refractivity contribution in [3.8, 4) is 11.3 Å². The van der Waals surface area contributed by atoms with Crippen molar-refractivity contribution in [2.45, 2.75) is 0 Å². The van der Waals surface area contributed by atoms with Crippen LogP contribution in [0.4, 0.5) is 5.69 Å². The monoisotopic (exact) mass is 375 g/mol. The smallest absolute Gasteiger partial charge is 0.227 e. The Kier molecular flexibility index (Phi) is 4.01. The molecule has 0 fully saturated rings. The fourth-order valence-corrected chi connectivity index (χ4v) is 3.31. The lowest BCUT2D eigenvalue weighted by molar-refractivity contribution is 0.518. The van der Waals surface area contributed by atoms with Gasteiger partial charge in [-0.25, -0.2) is 4.99 Å². The molecule has 0 N–H and O–H groups in total. The summed E-state index contributed by atoms with van der Waals surface area (Å²) in [5, 5.41) is 2.06. The number of benzene rings is 3. The summed E-state index contributed by atoms with van der Waals surface area (Å²) in [6, 6.07) is 28.0. The molecule has 116 valence electrons. The molecule has 1 aromatic heterocycles. The minimum absolute atomic E-state index is 0.610. The van der Waals surface area contributed by atoms with Gasteiger partial charge in [0.05, 0.1) is 10.2 Å². The van der Waals surface area contributed by atoms with Crippen molar-refractivity contribution in [2.75, 3.05) is 0 Å². The maximum Gasteiger partial charge on any atom is 0.227 e. The maximum atomic E-state index is 6.20. The highest BCUT2D eigenvalue weighted by Gasteiger charge is 2.12. The third kappa shape index (κ3) is 2.79. The first kappa shape index (κ1) is 14.9. The van der Waals surface area contributed by atoms with E-state index in [4.69, 9.17) is 9.41 Å². The summed E-state index contributed by atoms with van der Waals surface area (Å²) >= 11 is 3.70. The lowest BCUT2D eigenvalue weighted by Gasteiger charge is -2.08. The Hall–Kier alpha value is -2.65. The molecule has 3 aromatic carbocycles. The van der Waals surface area contributed by atoms with E-state index in [0.29, 0.717) is 5.55 Å². The van der Waals surface area contributed by atoms with E-state index in [2.05, 4.69) is 22.0 Å². The molecule has 0 bridgehead atoms. The van der Waals surface area contributed by atoms with Crippen LogP contribution in [0.15, 0.2) is 98.8 Å². The molecule has 0 atom stereocenters. The van der Waals surface area contributed by atoms with Crippen LogP contribution >= 0.6 is 15.9 Å². The number of hydrogen-bond acceptors (Lipinski definition) is 2. The van der Waals surface area contributed by atoms with Crippen molar-refractivity contribution < 1.29 is 4.42 Å². The molecule has 0 aliphatic carbocycles. The van der Waals surface area contributed by atoms with Gasteiger partial charge < -0.3 is 4.42 Å². The molecule has 0 saturated carbocycles. The second kappa shape index (κ2) is 6.46. The van der Waals surface area contributed by atoms with Crippen molar-refractivity contribution >= 4 is 32.4 Å². The number of halogens is 1. The maximum absolute atomic E-state index is 6.20. The molecule has 4 aromatic rings. The first-order valence-corrected chi connectivity index (χ1v) is 8.49. The third-order valence-corrected chi connectivity index (χ3v) is 4.60. The van der Waals surface area contributed by atoms with Crippen LogP contribution < -0.4 is 5.55 Å².